The Morgan fingerprint density at radius 1 is 1.56 bits per heavy atom. The molecule has 1 fully saturated rings. The molecule has 0 amide bonds. The van der Waals surface area contributed by atoms with Gasteiger partial charge in [0.25, 0.3) is 0 Å². The smallest absolute Gasteiger partial charge is 0.211 e. The van der Waals surface area contributed by atoms with Gasteiger partial charge >= 0.3 is 0 Å². The normalized spacial score (nSPS) is 29.8. The molecule has 9 heavy (non-hydrogen) atoms. The Morgan fingerprint density at radius 3 is 2.11 bits per heavy atom. The molecule has 4 heteroatoms. The summed E-state index contributed by atoms with van der Waals surface area (Å²) in [4.78, 5) is 0. The summed E-state index contributed by atoms with van der Waals surface area (Å²) in [6, 6.07) is 0.236. The molecule has 0 radical (unpaired) electrons. The van der Waals surface area contributed by atoms with Gasteiger partial charge in [-0.05, 0) is 13.3 Å². The minimum Gasteiger partial charge on any atom is -0.212 e. The van der Waals surface area contributed by atoms with Gasteiger partial charge in [0.1, 0.15) is 0 Å². The number of rotatable bonds is 1. The van der Waals surface area contributed by atoms with E-state index in [-0.39, 0.29) is 6.04 Å². The van der Waals surface area contributed by atoms with Crippen molar-refractivity contribution < 1.29 is 8.42 Å². The highest BCUT2D eigenvalue weighted by molar-refractivity contribution is 7.88. The molecular formula is C5H11NO2S. The van der Waals surface area contributed by atoms with E-state index in [2.05, 4.69) is 0 Å². The molecule has 0 saturated carbocycles. The Kier molecular flexibility index (Phi) is 1.52. The van der Waals surface area contributed by atoms with Crippen molar-refractivity contribution in [3.8, 4) is 0 Å². The lowest BCUT2D eigenvalue weighted by atomic mass is 10.1. The summed E-state index contributed by atoms with van der Waals surface area (Å²) in [5.74, 6) is 0. The van der Waals surface area contributed by atoms with Gasteiger partial charge < -0.3 is 0 Å². The molecule has 0 aromatic heterocycles. The number of hydrogen-bond donors (Lipinski definition) is 0. The van der Waals surface area contributed by atoms with Gasteiger partial charge in [-0.3, -0.25) is 0 Å². The molecule has 54 valence electrons. The third-order valence-corrected chi connectivity index (χ3v) is 3.08. The Morgan fingerprint density at radius 2 is 2.11 bits per heavy atom. The summed E-state index contributed by atoms with van der Waals surface area (Å²) in [5, 5.41) is 0. The van der Waals surface area contributed by atoms with Crippen LogP contribution in [0.3, 0.4) is 0 Å². The van der Waals surface area contributed by atoms with Crippen molar-refractivity contribution >= 4 is 10.0 Å². The molecule has 1 aliphatic rings. The highest BCUT2D eigenvalue weighted by Crippen LogP contribution is 2.19. The van der Waals surface area contributed by atoms with Gasteiger partial charge in [0.2, 0.25) is 10.0 Å². The average Bonchev–Trinajstić information content (AvgIpc) is 1.57. The van der Waals surface area contributed by atoms with Crippen LogP contribution in [0.5, 0.6) is 0 Å². The molecule has 1 heterocycles. The largest absolute Gasteiger partial charge is 0.212 e. The summed E-state index contributed by atoms with van der Waals surface area (Å²) < 4.78 is 23.0. The molecular weight excluding hydrogens is 138 g/mol. The van der Waals surface area contributed by atoms with Gasteiger partial charge in [-0.2, -0.15) is 4.31 Å². The van der Waals surface area contributed by atoms with E-state index in [0.29, 0.717) is 6.54 Å². The van der Waals surface area contributed by atoms with Crippen LogP contribution in [0, 0.1) is 0 Å². The standard InChI is InChI=1S/C5H11NO2S/c1-5-3-4-6(5)9(2,7)8/h5H,3-4H2,1-2H3/t5-/m1/s1. The van der Waals surface area contributed by atoms with Crippen LogP contribution in [0.2, 0.25) is 0 Å². The Hall–Kier alpha value is -0.0900. The fourth-order valence-corrected chi connectivity index (χ4v) is 2.18. The monoisotopic (exact) mass is 149 g/mol. The molecule has 3 nitrogen and oxygen atoms in total. The Labute approximate surface area is 55.7 Å². The van der Waals surface area contributed by atoms with E-state index in [9.17, 15) is 8.42 Å². The van der Waals surface area contributed by atoms with Gasteiger partial charge in [0.05, 0.1) is 6.26 Å². The summed E-state index contributed by atoms with van der Waals surface area (Å²) in [5.41, 5.74) is 0. The molecule has 0 aromatic rings. The maximum atomic E-state index is 10.7. The minimum atomic E-state index is -2.88. The fourth-order valence-electron chi connectivity index (χ4n) is 0.985. The zero-order valence-electron chi connectivity index (χ0n) is 5.66. The third kappa shape index (κ3) is 1.24. The van der Waals surface area contributed by atoms with Crippen molar-refractivity contribution in [2.75, 3.05) is 12.8 Å². The zero-order chi connectivity index (χ0) is 7.07. The maximum absolute atomic E-state index is 10.7. The first-order valence-corrected chi connectivity index (χ1v) is 4.83. The Bertz CT molecular complexity index is 197. The fraction of sp³-hybridized carbons (Fsp3) is 1.00. The predicted octanol–water partition coefficient (Wildman–Crippen LogP) is 0.0402. The van der Waals surface area contributed by atoms with Crippen LogP contribution < -0.4 is 0 Å². The molecule has 0 bridgehead atoms. The van der Waals surface area contributed by atoms with Crippen molar-refractivity contribution in [3.63, 3.8) is 0 Å². The predicted molar refractivity (Wildman–Crippen MR) is 35.6 cm³/mol. The molecule has 0 aromatic carbocycles. The van der Waals surface area contributed by atoms with Gasteiger partial charge in [-0.1, -0.05) is 0 Å². The topological polar surface area (TPSA) is 37.4 Å². The summed E-state index contributed by atoms with van der Waals surface area (Å²) in [7, 11) is -2.88. The Balaban J connectivity index is 2.66. The van der Waals surface area contributed by atoms with Crippen molar-refractivity contribution in [1.29, 1.82) is 0 Å². The van der Waals surface area contributed by atoms with Crippen LogP contribution in [0.4, 0.5) is 0 Å². The van der Waals surface area contributed by atoms with Gasteiger partial charge in [0, 0.05) is 12.6 Å². The lowest BCUT2D eigenvalue weighted by Gasteiger charge is -2.35. The number of hydrogen-bond acceptors (Lipinski definition) is 2. The molecule has 0 N–H and O–H groups in total. The van der Waals surface area contributed by atoms with Crippen LogP contribution >= 0.6 is 0 Å². The highest BCUT2D eigenvalue weighted by Gasteiger charge is 2.30. The summed E-state index contributed by atoms with van der Waals surface area (Å²) in [6.45, 7) is 2.63. The van der Waals surface area contributed by atoms with Crippen molar-refractivity contribution in [3.05, 3.63) is 0 Å². The lowest BCUT2D eigenvalue weighted by Crippen LogP contribution is -2.48. The number of nitrogens with zero attached hydrogens (tertiary/aromatic N) is 1. The molecule has 0 aliphatic carbocycles. The van der Waals surface area contributed by atoms with E-state index >= 15 is 0 Å². The highest BCUT2D eigenvalue weighted by atomic mass is 32.2. The number of sulfonamides is 1. The van der Waals surface area contributed by atoms with Crippen LogP contribution in [0.1, 0.15) is 13.3 Å². The average molecular weight is 149 g/mol. The molecule has 1 aliphatic heterocycles. The van der Waals surface area contributed by atoms with Crippen LogP contribution in [-0.4, -0.2) is 31.6 Å². The van der Waals surface area contributed by atoms with E-state index in [1.54, 1.807) is 0 Å². The molecule has 0 spiro atoms. The summed E-state index contributed by atoms with van der Waals surface area (Å²) in [6.07, 6.45) is 2.26. The second-order valence-corrected chi connectivity index (χ2v) is 4.45. The molecule has 1 saturated heterocycles. The van der Waals surface area contributed by atoms with E-state index in [1.807, 2.05) is 6.92 Å². The first-order chi connectivity index (χ1) is 4.02. The van der Waals surface area contributed by atoms with Crippen molar-refractivity contribution in [2.45, 2.75) is 19.4 Å². The SMILES string of the molecule is C[C@@H]1CCN1S(C)(=O)=O. The van der Waals surface area contributed by atoms with Crippen LogP contribution in [-0.2, 0) is 10.0 Å². The van der Waals surface area contributed by atoms with E-state index in [1.165, 1.54) is 10.6 Å². The van der Waals surface area contributed by atoms with Crippen LogP contribution in [0.15, 0.2) is 0 Å². The minimum absolute atomic E-state index is 0.236. The van der Waals surface area contributed by atoms with Crippen LogP contribution in [0.25, 0.3) is 0 Å². The molecule has 1 atom stereocenters. The van der Waals surface area contributed by atoms with Crippen molar-refractivity contribution in [2.24, 2.45) is 0 Å². The quantitative estimate of drug-likeness (QED) is 0.528. The maximum Gasteiger partial charge on any atom is 0.211 e. The van der Waals surface area contributed by atoms with E-state index in [4.69, 9.17) is 0 Å². The first kappa shape index (κ1) is 7.02. The molecule has 0 unspecified atom stereocenters. The molecule has 1 rings (SSSR count). The third-order valence-electron chi connectivity index (χ3n) is 1.68. The van der Waals surface area contributed by atoms with Crippen molar-refractivity contribution in [1.82, 2.24) is 4.31 Å². The van der Waals surface area contributed by atoms with Gasteiger partial charge in [0.15, 0.2) is 0 Å². The zero-order valence-corrected chi connectivity index (χ0v) is 6.48. The van der Waals surface area contributed by atoms with Gasteiger partial charge in [-0.25, -0.2) is 8.42 Å². The first-order valence-electron chi connectivity index (χ1n) is 2.98. The van der Waals surface area contributed by atoms with E-state index in [0.717, 1.165) is 6.42 Å². The second kappa shape index (κ2) is 1.95. The van der Waals surface area contributed by atoms with Gasteiger partial charge in [-0.15, -0.1) is 0 Å². The lowest BCUT2D eigenvalue weighted by molar-refractivity contribution is 0.219. The second-order valence-electron chi connectivity index (χ2n) is 2.51. The summed E-state index contributed by atoms with van der Waals surface area (Å²) >= 11 is 0. The van der Waals surface area contributed by atoms with E-state index < -0.39 is 10.0 Å².